The molecule has 3 rings (SSSR count). The van der Waals surface area contributed by atoms with E-state index < -0.39 is 0 Å². The van der Waals surface area contributed by atoms with Gasteiger partial charge < -0.3 is 15.1 Å². The van der Waals surface area contributed by atoms with Crippen LogP contribution < -0.4 is 5.32 Å². The molecule has 0 saturated carbocycles. The second kappa shape index (κ2) is 8.92. The number of rotatable bonds is 4. The van der Waals surface area contributed by atoms with Crippen molar-refractivity contribution in [3.8, 4) is 0 Å². The highest BCUT2D eigenvalue weighted by Crippen LogP contribution is 2.20. The summed E-state index contributed by atoms with van der Waals surface area (Å²) in [5.41, 5.74) is 0.879. The van der Waals surface area contributed by atoms with Gasteiger partial charge in [0.2, 0.25) is 0 Å². The van der Waals surface area contributed by atoms with Crippen LogP contribution in [0.2, 0.25) is 0 Å². The Labute approximate surface area is 155 Å². The molecule has 5 nitrogen and oxygen atoms in total. The number of hydrogen-bond donors (Lipinski definition) is 1. The third kappa shape index (κ3) is 5.36. The number of anilines is 1. The molecule has 2 aliphatic rings. The smallest absolute Gasteiger partial charge is 0.321 e. The van der Waals surface area contributed by atoms with E-state index in [0.717, 1.165) is 37.8 Å². The fourth-order valence-electron chi connectivity index (χ4n) is 3.82. The van der Waals surface area contributed by atoms with Crippen LogP contribution in [0.15, 0.2) is 29.2 Å². The molecule has 1 unspecified atom stereocenters. The Morgan fingerprint density at radius 1 is 1.24 bits per heavy atom. The molecule has 2 amide bonds. The third-order valence-electron chi connectivity index (χ3n) is 5.22. The molecule has 2 heterocycles. The van der Waals surface area contributed by atoms with E-state index >= 15 is 0 Å². The maximum atomic E-state index is 12.5. The minimum atomic E-state index is 0.0234. The van der Waals surface area contributed by atoms with Crippen LogP contribution in [0.3, 0.4) is 0 Å². The van der Waals surface area contributed by atoms with Crippen LogP contribution in [0.5, 0.6) is 0 Å². The molecule has 6 heteroatoms. The average molecular weight is 363 g/mol. The number of amides is 2. The van der Waals surface area contributed by atoms with Gasteiger partial charge in [-0.15, -0.1) is 11.8 Å². The number of benzene rings is 1. The van der Waals surface area contributed by atoms with Gasteiger partial charge in [0.25, 0.3) is 0 Å². The molecule has 2 fully saturated rings. The predicted molar refractivity (Wildman–Crippen MR) is 105 cm³/mol. The summed E-state index contributed by atoms with van der Waals surface area (Å²) in [6.45, 7) is 7.23. The highest BCUT2D eigenvalue weighted by molar-refractivity contribution is 7.98. The van der Waals surface area contributed by atoms with Crippen LogP contribution in [0.1, 0.15) is 12.8 Å². The van der Waals surface area contributed by atoms with E-state index in [2.05, 4.69) is 28.2 Å². The number of thioether (sulfide) groups is 1. The zero-order chi connectivity index (χ0) is 17.6. The van der Waals surface area contributed by atoms with Gasteiger partial charge in [-0.25, -0.2) is 4.79 Å². The van der Waals surface area contributed by atoms with Gasteiger partial charge >= 0.3 is 6.03 Å². The molecule has 0 aromatic heterocycles. The van der Waals surface area contributed by atoms with Crippen molar-refractivity contribution >= 4 is 23.5 Å². The first-order valence-corrected chi connectivity index (χ1v) is 10.5. The number of nitrogens with one attached hydrogen (secondary N) is 1. The number of urea groups is 1. The highest BCUT2D eigenvalue weighted by Gasteiger charge is 2.25. The van der Waals surface area contributed by atoms with E-state index in [9.17, 15) is 4.79 Å². The fourth-order valence-corrected chi connectivity index (χ4v) is 4.28. The predicted octanol–water partition coefficient (Wildman–Crippen LogP) is 2.90. The SMILES string of the molecule is CSc1cccc(NC(=O)N2CCN(CC3CCCN(C)C3)CC2)c1. The molecule has 2 aliphatic heterocycles. The number of likely N-dealkylation sites (tertiary alicyclic amines) is 1. The maximum Gasteiger partial charge on any atom is 0.321 e. The van der Waals surface area contributed by atoms with Gasteiger partial charge in [-0.3, -0.25) is 4.90 Å². The van der Waals surface area contributed by atoms with Crippen molar-refractivity contribution in [2.75, 3.05) is 64.4 Å². The number of piperidine rings is 1. The molecule has 0 spiro atoms. The summed E-state index contributed by atoms with van der Waals surface area (Å²) in [6.07, 6.45) is 4.71. The van der Waals surface area contributed by atoms with Crippen molar-refractivity contribution in [1.29, 1.82) is 0 Å². The van der Waals surface area contributed by atoms with Gasteiger partial charge in [-0.1, -0.05) is 6.07 Å². The average Bonchev–Trinajstić information content (AvgIpc) is 2.62. The first-order valence-electron chi connectivity index (χ1n) is 9.25. The van der Waals surface area contributed by atoms with Crippen molar-refractivity contribution in [3.63, 3.8) is 0 Å². The standard InChI is InChI=1S/C19H30N4OS/c1-21-8-4-5-16(14-21)15-22-9-11-23(12-10-22)19(24)20-17-6-3-7-18(13-17)25-2/h3,6-7,13,16H,4-5,8-12,14-15H2,1-2H3,(H,20,24). The van der Waals surface area contributed by atoms with Crippen LogP contribution in [0.4, 0.5) is 10.5 Å². The highest BCUT2D eigenvalue weighted by atomic mass is 32.2. The van der Waals surface area contributed by atoms with Crippen LogP contribution >= 0.6 is 11.8 Å². The van der Waals surface area contributed by atoms with E-state index in [1.165, 1.54) is 37.4 Å². The summed E-state index contributed by atoms with van der Waals surface area (Å²) in [4.78, 5) is 20.6. The molecule has 1 atom stereocenters. The van der Waals surface area contributed by atoms with Gasteiger partial charge in [-0.2, -0.15) is 0 Å². The second-order valence-corrected chi connectivity index (χ2v) is 8.10. The largest absolute Gasteiger partial charge is 0.322 e. The molecular formula is C19H30N4OS. The molecule has 0 bridgehead atoms. The quantitative estimate of drug-likeness (QED) is 0.836. The third-order valence-corrected chi connectivity index (χ3v) is 5.94. The van der Waals surface area contributed by atoms with Crippen molar-refractivity contribution < 1.29 is 4.79 Å². The van der Waals surface area contributed by atoms with Gasteiger partial charge in [0, 0.05) is 49.9 Å². The lowest BCUT2D eigenvalue weighted by molar-refractivity contribution is 0.109. The molecular weight excluding hydrogens is 332 g/mol. The molecule has 0 radical (unpaired) electrons. The first kappa shape index (κ1) is 18.5. The van der Waals surface area contributed by atoms with E-state index in [0.29, 0.717) is 0 Å². The Kier molecular flexibility index (Phi) is 6.62. The van der Waals surface area contributed by atoms with Gasteiger partial charge in [-0.05, 0) is 56.8 Å². The lowest BCUT2D eigenvalue weighted by Crippen LogP contribution is -2.51. The number of carbonyl (C=O) groups is 1. The maximum absolute atomic E-state index is 12.5. The Bertz CT molecular complexity index is 574. The van der Waals surface area contributed by atoms with Crippen molar-refractivity contribution in [2.45, 2.75) is 17.7 Å². The molecule has 138 valence electrons. The lowest BCUT2D eigenvalue weighted by atomic mass is 9.97. The summed E-state index contributed by atoms with van der Waals surface area (Å²) in [6, 6.07) is 8.05. The van der Waals surface area contributed by atoms with Crippen LogP contribution in [0, 0.1) is 5.92 Å². The van der Waals surface area contributed by atoms with Gasteiger partial charge in [0.05, 0.1) is 0 Å². The Morgan fingerprint density at radius 2 is 2.04 bits per heavy atom. The second-order valence-electron chi connectivity index (χ2n) is 7.22. The van der Waals surface area contributed by atoms with E-state index in [-0.39, 0.29) is 6.03 Å². The van der Waals surface area contributed by atoms with E-state index in [4.69, 9.17) is 0 Å². The normalized spacial score (nSPS) is 22.8. The van der Waals surface area contributed by atoms with Gasteiger partial charge in [0.1, 0.15) is 0 Å². The topological polar surface area (TPSA) is 38.8 Å². The van der Waals surface area contributed by atoms with E-state index in [1.54, 1.807) is 11.8 Å². The summed E-state index contributed by atoms with van der Waals surface area (Å²) in [5, 5.41) is 3.04. The summed E-state index contributed by atoms with van der Waals surface area (Å²) in [7, 11) is 2.22. The lowest BCUT2D eigenvalue weighted by Gasteiger charge is -2.38. The molecule has 1 N–H and O–H groups in total. The van der Waals surface area contributed by atoms with Crippen molar-refractivity contribution in [3.05, 3.63) is 24.3 Å². The number of piperazine rings is 1. The minimum absolute atomic E-state index is 0.0234. The zero-order valence-electron chi connectivity index (χ0n) is 15.4. The van der Waals surface area contributed by atoms with Crippen molar-refractivity contribution in [1.82, 2.24) is 14.7 Å². The Morgan fingerprint density at radius 3 is 2.76 bits per heavy atom. The van der Waals surface area contributed by atoms with Crippen LogP contribution in [0.25, 0.3) is 0 Å². The van der Waals surface area contributed by atoms with E-state index in [1.807, 2.05) is 29.4 Å². The van der Waals surface area contributed by atoms with Gasteiger partial charge in [0.15, 0.2) is 0 Å². The first-order chi connectivity index (χ1) is 12.1. The van der Waals surface area contributed by atoms with Crippen LogP contribution in [-0.4, -0.2) is 79.8 Å². The monoisotopic (exact) mass is 362 g/mol. The molecule has 25 heavy (non-hydrogen) atoms. The summed E-state index contributed by atoms with van der Waals surface area (Å²) < 4.78 is 0. The van der Waals surface area contributed by atoms with Crippen LogP contribution in [-0.2, 0) is 0 Å². The molecule has 1 aromatic rings. The summed E-state index contributed by atoms with van der Waals surface area (Å²) in [5.74, 6) is 0.786. The number of hydrogen-bond acceptors (Lipinski definition) is 4. The Balaban J connectivity index is 1.44. The number of carbonyl (C=O) groups excluding carboxylic acids is 1. The molecule has 0 aliphatic carbocycles. The zero-order valence-corrected chi connectivity index (χ0v) is 16.2. The minimum Gasteiger partial charge on any atom is -0.322 e. The number of nitrogens with zero attached hydrogens (tertiary/aromatic N) is 3. The van der Waals surface area contributed by atoms with Crippen molar-refractivity contribution in [2.24, 2.45) is 5.92 Å². The molecule has 2 saturated heterocycles. The Hall–Kier alpha value is -1.24. The fraction of sp³-hybridized carbons (Fsp3) is 0.632. The molecule has 1 aromatic carbocycles. The summed E-state index contributed by atoms with van der Waals surface area (Å²) >= 11 is 1.69.